The van der Waals surface area contributed by atoms with Crippen LogP contribution in [0.15, 0.2) is 45.7 Å². The van der Waals surface area contributed by atoms with Gasteiger partial charge in [0.05, 0.1) is 17.4 Å². The fourth-order valence-corrected chi connectivity index (χ4v) is 4.02. The number of aryl methyl sites for hydroxylation is 1. The molecule has 31 heavy (non-hydrogen) atoms. The molecule has 1 amide bonds. The summed E-state index contributed by atoms with van der Waals surface area (Å²) in [7, 11) is 0. The number of phenolic OH excluding ortho intramolecular Hbond substituents is 2. The van der Waals surface area contributed by atoms with Crippen molar-refractivity contribution in [2.45, 2.75) is 19.8 Å². The van der Waals surface area contributed by atoms with Crippen molar-refractivity contribution >= 4 is 16.9 Å². The van der Waals surface area contributed by atoms with Gasteiger partial charge >= 0.3 is 5.63 Å². The molecule has 0 saturated carbocycles. The Morgan fingerprint density at radius 3 is 2.65 bits per heavy atom. The molecule has 0 spiro atoms. The molecular weight excluding hydrogens is 398 g/mol. The molecule has 8 nitrogen and oxygen atoms in total. The van der Waals surface area contributed by atoms with Gasteiger partial charge in [0.2, 0.25) is 5.91 Å². The standard InChI is InChI=1S/C23H25N3O5/c1-15-18(23(30)31-20-13-17(27)12-19(28)22(15)20)14-21(29)26-10-8-25(9-11-26)7-5-16-4-2-3-6-24-16/h2-4,6,12-13,27-28H,5,7-11,14H2,1H3. The lowest BCUT2D eigenvalue weighted by Crippen LogP contribution is -2.49. The van der Waals surface area contributed by atoms with Crippen LogP contribution in [0.5, 0.6) is 11.5 Å². The van der Waals surface area contributed by atoms with Crippen molar-refractivity contribution in [3.63, 3.8) is 0 Å². The van der Waals surface area contributed by atoms with E-state index in [4.69, 9.17) is 4.42 Å². The summed E-state index contributed by atoms with van der Waals surface area (Å²) < 4.78 is 5.25. The first-order valence-corrected chi connectivity index (χ1v) is 10.3. The molecule has 162 valence electrons. The lowest BCUT2D eigenvalue weighted by molar-refractivity contribution is -0.132. The van der Waals surface area contributed by atoms with E-state index in [1.807, 2.05) is 18.2 Å². The van der Waals surface area contributed by atoms with Crippen LogP contribution in [0.1, 0.15) is 16.8 Å². The summed E-state index contributed by atoms with van der Waals surface area (Å²) in [6, 6.07) is 8.35. The molecule has 0 unspecified atom stereocenters. The number of carbonyl (C=O) groups excluding carboxylic acids is 1. The number of fused-ring (bicyclic) bond motifs is 1. The monoisotopic (exact) mass is 423 g/mol. The summed E-state index contributed by atoms with van der Waals surface area (Å²) in [5, 5.41) is 20.1. The molecule has 1 aliphatic heterocycles. The fraction of sp³-hybridized carbons (Fsp3) is 0.348. The second kappa shape index (κ2) is 8.77. The summed E-state index contributed by atoms with van der Waals surface area (Å²) in [5.41, 5.74) is 1.24. The SMILES string of the molecule is Cc1c(CC(=O)N2CCN(CCc3ccccn3)CC2)c(=O)oc2cc(O)cc(O)c12. The van der Waals surface area contributed by atoms with Crippen LogP contribution in [0.25, 0.3) is 11.0 Å². The zero-order valence-electron chi connectivity index (χ0n) is 17.4. The number of amides is 1. The van der Waals surface area contributed by atoms with Crippen LogP contribution in [-0.2, 0) is 17.6 Å². The number of hydrogen-bond acceptors (Lipinski definition) is 7. The molecule has 2 N–H and O–H groups in total. The van der Waals surface area contributed by atoms with E-state index >= 15 is 0 Å². The molecule has 3 heterocycles. The number of phenols is 2. The maximum Gasteiger partial charge on any atom is 0.340 e. The van der Waals surface area contributed by atoms with Gasteiger partial charge in [-0.05, 0) is 24.6 Å². The Morgan fingerprint density at radius 1 is 1.16 bits per heavy atom. The molecule has 0 radical (unpaired) electrons. The number of piperazine rings is 1. The number of pyridine rings is 1. The number of aromatic nitrogens is 1. The largest absolute Gasteiger partial charge is 0.508 e. The lowest BCUT2D eigenvalue weighted by Gasteiger charge is -2.34. The average Bonchev–Trinajstić information content (AvgIpc) is 2.75. The van der Waals surface area contributed by atoms with Crippen molar-refractivity contribution in [2.75, 3.05) is 32.7 Å². The van der Waals surface area contributed by atoms with Crippen LogP contribution in [0, 0.1) is 6.92 Å². The minimum atomic E-state index is -0.627. The highest BCUT2D eigenvalue weighted by molar-refractivity contribution is 5.90. The van der Waals surface area contributed by atoms with E-state index in [1.54, 1.807) is 18.0 Å². The quantitative estimate of drug-likeness (QED) is 0.603. The van der Waals surface area contributed by atoms with Crippen molar-refractivity contribution in [1.82, 2.24) is 14.8 Å². The molecule has 1 aliphatic rings. The van der Waals surface area contributed by atoms with Crippen molar-refractivity contribution in [3.8, 4) is 11.5 Å². The van der Waals surface area contributed by atoms with Gasteiger partial charge in [-0.1, -0.05) is 6.07 Å². The Bertz CT molecular complexity index is 1150. The molecule has 4 rings (SSSR count). The van der Waals surface area contributed by atoms with Gasteiger partial charge in [0.15, 0.2) is 0 Å². The summed E-state index contributed by atoms with van der Waals surface area (Å²) in [6.07, 6.45) is 2.57. The Kier molecular flexibility index (Phi) is 5.90. The van der Waals surface area contributed by atoms with E-state index in [0.29, 0.717) is 24.0 Å². The topological polar surface area (TPSA) is 107 Å². The minimum Gasteiger partial charge on any atom is -0.508 e. The summed E-state index contributed by atoms with van der Waals surface area (Å²) >= 11 is 0. The predicted molar refractivity (Wildman–Crippen MR) is 115 cm³/mol. The first kappa shape index (κ1) is 20.9. The summed E-state index contributed by atoms with van der Waals surface area (Å²) in [6.45, 7) is 5.29. The molecule has 0 atom stereocenters. The van der Waals surface area contributed by atoms with E-state index < -0.39 is 5.63 Å². The van der Waals surface area contributed by atoms with Crippen LogP contribution in [0.3, 0.4) is 0 Å². The third-order valence-corrected chi connectivity index (χ3v) is 5.81. The van der Waals surface area contributed by atoms with Crippen molar-refractivity contribution in [2.24, 2.45) is 0 Å². The zero-order valence-corrected chi connectivity index (χ0v) is 17.4. The molecule has 8 heteroatoms. The predicted octanol–water partition coefficient (Wildman–Crippen LogP) is 1.84. The Labute approximate surface area is 179 Å². The third-order valence-electron chi connectivity index (χ3n) is 5.81. The number of nitrogens with zero attached hydrogens (tertiary/aromatic N) is 3. The number of aromatic hydroxyl groups is 2. The lowest BCUT2D eigenvalue weighted by atomic mass is 10.0. The van der Waals surface area contributed by atoms with Crippen LogP contribution >= 0.6 is 0 Å². The number of hydrogen-bond donors (Lipinski definition) is 2. The van der Waals surface area contributed by atoms with Gasteiger partial charge in [-0.25, -0.2) is 4.79 Å². The Balaban J connectivity index is 1.40. The van der Waals surface area contributed by atoms with E-state index in [9.17, 15) is 19.8 Å². The maximum atomic E-state index is 12.8. The molecular formula is C23H25N3O5. The maximum absolute atomic E-state index is 12.8. The zero-order chi connectivity index (χ0) is 22.0. The van der Waals surface area contributed by atoms with Gasteiger partial charge in [0, 0.05) is 63.2 Å². The second-order valence-corrected chi connectivity index (χ2v) is 7.80. The fourth-order valence-electron chi connectivity index (χ4n) is 4.02. The summed E-state index contributed by atoms with van der Waals surface area (Å²) in [5.74, 6) is -0.527. The molecule has 3 aromatic rings. The number of carbonyl (C=O) groups is 1. The van der Waals surface area contributed by atoms with Crippen LogP contribution in [0.4, 0.5) is 0 Å². The molecule has 0 aliphatic carbocycles. The highest BCUT2D eigenvalue weighted by Crippen LogP contribution is 2.32. The van der Waals surface area contributed by atoms with E-state index in [-0.39, 0.29) is 35.0 Å². The minimum absolute atomic E-state index is 0.0850. The van der Waals surface area contributed by atoms with Gasteiger partial charge in [-0.2, -0.15) is 0 Å². The van der Waals surface area contributed by atoms with E-state index in [1.165, 1.54) is 12.1 Å². The van der Waals surface area contributed by atoms with Gasteiger partial charge in [0.25, 0.3) is 0 Å². The van der Waals surface area contributed by atoms with Gasteiger partial charge < -0.3 is 19.5 Å². The number of rotatable bonds is 5. The molecule has 0 bridgehead atoms. The average molecular weight is 423 g/mol. The third kappa shape index (κ3) is 4.54. The molecule has 2 aromatic heterocycles. The molecule has 1 fully saturated rings. The normalized spacial score (nSPS) is 14.8. The highest BCUT2D eigenvalue weighted by Gasteiger charge is 2.24. The Hall–Kier alpha value is -3.39. The summed E-state index contributed by atoms with van der Waals surface area (Å²) in [4.78, 5) is 33.7. The second-order valence-electron chi connectivity index (χ2n) is 7.80. The van der Waals surface area contributed by atoms with Crippen LogP contribution in [0.2, 0.25) is 0 Å². The van der Waals surface area contributed by atoms with Crippen LogP contribution in [-0.4, -0.2) is 63.6 Å². The van der Waals surface area contributed by atoms with Gasteiger partial charge in [-0.15, -0.1) is 0 Å². The van der Waals surface area contributed by atoms with Crippen LogP contribution < -0.4 is 5.63 Å². The van der Waals surface area contributed by atoms with Crippen molar-refractivity contribution < 1.29 is 19.4 Å². The highest BCUT2D eigenvalue weighted by atomic mass is 16.4. The van der Waals surface area contributed by atoms with Gasteiger partial charge in [0.1, 0.15) is 17.1 Å². The number of benzene rings is 1. The van der Waals surface area contributed by atoms with Crippen molar-refractivity contribution in [3.05, 3.63) is 63.8 Å². The van der Waals surface area contributed by atoms with Gasteiger partial charge in [-0.3, -0.25) is 14.7 Å². The first-order chi connectivity index (χ1) is 14.9. The van der Waals surface area contributed by atoms with E-state index in [0.717, 1.165) is 31.7 Å². The Morgan fingerprint density at radius 2 is 1.94 bits per heavy atom. The first-order valence-electron chi connectivity index (χ1n) is 10.3. The van der Waals surface area contributed by atoms with E-state index in [2.05, 4.69) is 9.88 Å². The smallest absolute Gasteiger partial charge is 0.340 e. The molecule has 1 aromatic carbocycles. The van der Waals surface area contributed by atoms with Crippen molar-refractivity contribution in [1.29, 1.82) is 0 Å². The molecule has 1 saturated heterocycles.